The molecule has 0 saturated carbocycles. The van der Waals surface area contributed by atoms with E-state index >= 15 is 0 Å². The lowest BCUT2D eigenvalue weighted by molar-refractivity contribution is 0.00693. The Bertz CT molecular complexity index is 1680. The zero-order valence-corrected chi connectivity index (χ0v) is 24.5. The summed E-state index contributed by atoms with van der Waals surface area (Å²) >= 11 is 0. The fourth-order valence-electron chi connectivity index (χ4n) is 4.89. The van der Waals surface area contributed by atoms with Crippen LogP contribution in [0.2, 0.25) is 0 Å². The van der Waals surface area contributed by atoms with E-state index in [4.69, 9.17) is 14.2 Å². The number of hydrogen-bond acceptors (Lipinski definition) is 7. The second kappa shape index (κ2) is 11.8. The highest BCUT2D eigenvalue weighted by Crippen LogP contribution is 2.33. The van der Waals surface area contributed by atoms with Gasteiger partial charge >= 0.3 is 5.97 Å². The van der Waals surface area contributed by atoms with E-state index in [1.54, 1.807) is 69.2 Å². The van der Waals surface area contributed by atoms with Crippen LogP contribution in [0.3, 0.4) is 0 Å². The van der Waals surface area contributed by atoms with Crippen LogP contribution in [0.5, 0.6) is 11.5 Å². The summed E-state index contributed by atoms with van der Waals surface area (Å²) < 4.78 is 45.8. The number of rotatable bonds is 8. The number of aromatic nitrogens is 2. The average Bonchev–Trinajstić information content (AvgIpc) is 3.27. The summed E-state index contributed by atoms with van der Waals surface area (Å²) in [4.78, 5) is 36.8. The summed E-state index contributed by atoms with van der Waals surface area (Å²) in [5.74, 6) is -1.37. The number of amides is 1. The first kappa shape index (κ1) is 29.6. The molecular formula is C33H31F2N3O5. The fourth-order valence-corrected chi connectivity index (χ4v) is 4.89. The van der Waals surface area contributed by atoms with Crippen molar-refractivity contribution < 1.29 is 32.6 Å². The molecule has 10 heteroatoms. The van der Waals surface area contributed by atoms with Gasteiger partial charge in [-0.2, -0.15) is 0 Å². The SMILES string of the molecule is COc1ccc(CN2Cc3nc(-c4c(F)cccc4F)nc(Cc4ccc(C(=O)OC(C)(C)C)cc4)c3C2=O)c(OC)c1. The Kier molecular flexibility index (Phi) is 8.12. The molecule has 43 heavy (non-hydrogen) atoms. The molecule has 1 aliphatic rings. The molecule has 3 aromatic carbocycles. The summed E-state index contributed by atoms with van der Waals surface area (Å²) in [5, 5.41) is 0. The Morgan fingerprint density at radius 2 is 1.63 bits per heavy atom. The van der Waals surface area contributed by atoms with Crippen LogP contribution in [0.25, 0.3) is 11.4 Å². The number of fused-ring (bicyclic) bond motifs is 1. The number of carbonyl (C=O) groups is 2. The highest BCUT2D eigenvalue weighted by Gasteiger charge is 2.34. The second-order valence-corrected chi connectivity index (χ2v) is 11.1. The van der Waals surface area contributed by atoms with Crippen LogP contribution in [0.4, 0.5) is 8.78 Å². The third-order valence-electron chi connectivity index (χ3n) is 6.90. The zero-order valence-electron chi connectivity index (χ0n) is 24.5. The molecule has 1 aliphatic heterocycles. The van der Waals surface area contributed by atoms with E-state index in [1.165, 1.54) is 13.2 Å². The van der Waals surface area contributed by atoms with Gasteiger partial charge < -0.3 is 19.1 Å². The van der Waals surface area contributed by atoms with Gasteiger partial charge in [-0.15, -0.1) is 0 Å². The Hall–Kier alpha value is -4.86. The molecule has 0 atom stereocenters. The first-order valence-electron chi connectivity index (χ1n) is 13.6. The summed E-state index contributed by atoms with van der Waals surface area (Å²) in [6.07, 6.45) is 0.161. The van der Waals surface area contributed by atoms with Crippen LogP contribution >= 0.6 is 0 Å². The summed E-state index contributed by atoms with van der Waals surface area (Å²) in [5.41, 5.74) is 1.81. The lowest BCUT2D eigenvalue weighted by atomic mass is 10.0. The van der Waals surface area contributed by atoms with Gasteiger partial charge in [0.15, 0.2) is 5.82 Å². The topological polar surface area (TPSA) is 90.9 Å². The van der Waals surface area contributed by atoms with E-state index < -0.39 is 23.2 Å². The van der Waals surface area contributed by atoms with Crippen molar-refractivity contribution in [3.05, 3.63) is 106 Å². The minimum absolute atomic E-state index is 0.111. The monoisotopic (exact) mass is 587 g/mol. The summed E-state index contributed by atoms with van der Waals surface area (Å²) in [6.45, 7) is 5.68. The van der Waals surface area contributed by atoms with Crippen molar-refractivity contribution >= 4 is 11.9 Å². The van der Waals surface area contributed by atoms with Gasteiger partial charge in [-0.05, 0) is 62.7 Å². The van der Waals surface area contributed by atoms with Crippen LogP contribution < -0.4 is 9.47 Å². The maximum atomic E-state index is 14.8. The van der Waals surface area contributed by atoms with Crippen LogP contribution in [-0.4, -0.2) is 46.6 Å². The molecule has 0 saturated heterocycles. The summed E-state index contributed by atoms with van der Waals surface area (Å²) in [6, 6.07) is 15.6. The van der Waals surface area contributed by atoms with Gasteiger partial charge in [0, 0.05) is 18.1 Å². The van der Waals surface area contributed by atoms with E-state index in [1.807, 2.05) is 6.07 Å². The number of methoxy groups -OCH3 is 2. The van der Waals surface area contributed by atoms with Crippen molar-refractivity contribution in [3.63, 3.8) is 0 Å². The molecule has 0 radical (unpaired) electrons. The van der Waals surface area contributed by atoms with E-state index in [-0.39, 0.29) is 42.4 Å². The molecule has 8 nitrogen and oxygen atoms in total. The van der Waals surface area contributed by atoms with Gasteiger partial charge in [-0.1, -0.05) is 18.2 Å². The average molecular weight is 588 g/mol. The molecule has 0 N–H and O–H groups in total. The number of halogens is 2. The van der Waals surface area contributed by atoms with E-state index in [0.717, 1.165) is 23.3 Å². The molecular weight excluding hydrogens is 556 g/mol. The van der Waals surface area contributed by atoms with Crippen molar-refractivity contribution in [2.24, 2.45) is 0 Å². The van der Waals surface area contributed by atoms with Crippen LogP contribution in [0, 0.1) is 11.6 Å². The van der Waals surface area contributed by atoms with Crippen molar-refractivity contribution in [1.82, 2.24) is 14.9 Å². The first-order chi connectivity index (χ1) is 20.5. The smallest absolute Gasteiger partial charge is 0.338 e. The first-order valence-corrected chi connectivity index (χ1v) is 13.6. The van der Waals surface area contributed by atoms with E-state index in [0.29, 0.717) is 28.5 Å². The predicted molar refractivity (Wildman–Crippen MR) is 155 cm³/mol. The fraction of sp³-hybridized carbons (Fsp3) is 0.273. The highest BCUT2D eigenvalue weighted by molar-refractivity contribution is 5.99. The van der Waals surface area contributed by atoms with Crippen molar-refractivity contribution in [2.45, 2.75) is 45.9 Å². The Labute approximate surface area is 248 Å². The molecule has 0 bridgehead atoms. The predicted octanol–water partition coefficient (Wildman–Crippen LogP) is 6.14. The number of esters is 1. The largest absolute Gasteiger partial charge is 0.497 e. The lowest BCUT2D eigenvalue weighted by Gasteiger charge is -2.19. The summed E-state index contributed by atoms with van der Waals surface area (Å²) in [7, 11) is 3.09. The molecule has 0 unspecified atom stereocenters. The minimum Gasteiger partial charge on any atom is -0.497 e. The van der Waals surface area contributed by atoms with Crippen molar-refractivity contribution in [1.29, 1.82) is 0 Å². The number of nitrogens with zero attached hydrogens (tertiary/aromatic N) is 3. The molecule has 0 spiro atoms. The van der Waals surface area contributed by atoms with Gasteiger partial charge in [0.05, 0.1) is 55.4 Å². The molecule has 4 aromatic rings. The number of carbonyl (C=O) groups excluding carboxylic acids is 2. The standard InChI is InChI=1S/C33H31F2N3O5/c1-33(2,3)43-32(40)20-11-9-19(10-12-20)15-25-29-26(37-30(36-25)28-23(34)7-6-8-24(28)35)18-38(31(29)39)17-21-13-14-22(41-4)16-27(21)42-5/h6-14,16H,15,17-18H2,1-5H3. The molecule has 5 rings (SSSR count). The van der Waals surface area contributed by atoms with Crippen molar-refractivity contribution in [3.8, 4) is 22.9 Å². The van der Waals surface area contributed by atoms with Gasteiger partial charge in [-0.25, -0.2) is 23.5 Å². The van der Waals surface area contributed by atoms with Gasteiger partial charge in [-0.3, -0.25) is 4.79 Å². The lowest BCUT2D eigenvalue weighted by Crippen LogP contribution is -2.24. The number of ether oxygens (including phenoxy) is 3. The third kappa shape index (κ3) is 6.33. The van der Waals surface area contributed by atoms with Crippen LogP contribution in [0.15, 0.2) is 60.7 Å². The number of benzene rings is 3. The Morgan fingerprint density at radius 1 is 0.930 bits per heavy atom. The zero-order chi connectivity index (χ0) is 30.9. The quantitative estimate of drug-likeness (QED) is 0.229. The number of hydrogen-bond donors (Lipinski definition) is 0. The maximum Gasteiger partial charge on any atom is 0.338 e. The van der Waals surface area contributed by atoms with Gasteiger partial charge in [0.2, 0.25) is 0 Å². The van der Waals surface area contributed by atoms with Gasteiger partial charge in [0.25, 0.3) is 5.91 Å². The Morgan fingerprint density at radius 3 is 2.26 bits per heavy atom. The normalized spacial score (nSPS) is 12.7. The Balaban J connectivity index is 1.51. The minimum atomic E-state index is -0.809. The third-order valence-corrected chi connectivity index (χ3v) is 6.90. The van der Waals surface area contributed by atoms with E-state index in [2.05, 4.69) is 9.97 Å². The van der Waals surface area contributed by atoms with Crippen molar-refractivity contribution in [2.75, 3.05) is 14.2 Å². The molecule has 0 aliphatic carbocycles. The van der Waals surface area contributed by atoms with Crippen LogP contribution in [0.1, 0.15) is 64.0 Å². The molecule has 222 valence electrons. The highest BCUT2D eigenvalue weighted by atomic mass is 19.1. The maximum absolute atomic E-state index is 14.8. The second-order valence-electron chi connectivity index (χ2n) is 11.1. The molecule has 2 heterocycles. The molecule has 1 aromatic heterocycles. The van der Waals surface area contributed by atoms with Gasteiger partial charge in [0.1, 0.15) is 28.7 Å². The van der Waals surface area contributed by atoms with Crippen LogP contribution in [-0.2, 0) is 24.2 Å². The molecule has 1 amide bonds. The molecule has 0 fully saturated rings. The van der Waals surface area contributed by atoms with E-state index in [9.17, 15) is 18.4 Å².